The zero-order valence-corrected chi connectivity index (χ0v) is 7.78. The topological polar surface area (TPSA) is 17.1 Å². The highest BCUT2D eigenvalue weighted by molar-refractivity contribution is 7.84. The summed E-state index contributed by atoms with van der Waals surface area (Å²) < 4.78 is 34.9. The summed E-state index contributed by atoms with van der Waals surface area (Å²) in [6.45, 7) is 0. The van der Waals surface area contributed by atoms with Gasteiger partial charge in [-0.2, -0.15) is 8.78 Å². The summed E-state index contributed by atoms with van der Waals surface area (Å²) in [5.74, 6) is 0. The van der Waals surface area contributed by atoms with Gasteiger partial charge < -0.3 is 0 Å². The van der Waals surface area contributed by atoms with Crippen molar-refractivity contribution in [1.82, 2.24) is 0 Å². The molecule has 70 valence electrons. The van der Waals surface area contributed by atoms with Gasteiger partial charge in [-0.25, -0.2) is 0 Å². The van der Waals surface area contributed by atoms with Crippen LogP contribution in [0.3, 0.4) is 0 Å². The lowest BCUT2D eigenvalue weighted by molar-refractivity contribution is 0.429. The minimum Gasteiger partial charge on any atom is -0.255 e. The first kappa shape index (κ1) is 10.1. The number of benzene rings is 1. The first-order chi connectivity index (χ1) is 6.11. The molecule has 0 saturated heterocycles. The predicted molar refractivity (Wildman–Crippen MR) is 49.0 cm³/mol. The number of rotatable bonds is 2. The van der Waals surface area contributed by atoms with Crippen molar-refractivity contribution in [3.8, 4) is 0 Å². The van der Waals surface area contributed by atoms with E-state index in [4.69, 9.17) is 0 Å². The van der Waals surface area contributed by atoms with Gasteiger partial charge in [-0.15, -0.1) is 0 Å². The Labute approximate surface area is 77.5 Å². The minimum absolute atomic E-state index is 0.309. The second kappa shape index (κ2) is 4.28. The van der Waals surface area contributed by atoms with Crippen LogP contribution < -0.4 is 0 Å². The van der Waals surface area contributed by atoms with Crippen molar-refractivity contribution in [2.24, 2.45) is 0 Å². The molecule has 0 bridgehead atoms. The van der Waals surface area contributed by atoms with Gasteiger partial charge in [-0.3, -0.25) is 4.21 Å². The summed E-state index contributed by atoms with van der Waals surface area (Å²) in [6, 6.07) is 6.39. The van der Waals surface area contributed by atoms with Gasteiger partial charge in [0.05, 0.1) is 10.8 Å². The molecule has 1 atom stereocenters. The van der Waals surface area contributed by atoms with E-state index in [1.165, 1.54) is 12.3 Å². The van der Waals surface area contributed by atoms with Gasteiger partial charge in [0, 0.05) is 17.2 Å². The molecule has 0 aliphatic heterocycles. The fourth-order valence-electron chi connectivity index (χ4n) is 0.979. The van der Waals surface area contributed by atoms with Gasteiger partial charge in [0.25, 0.3) is 6.08 Å². The third-order valence-corrected chi connectivity index (χ3v) is 2.48. The number of halogens is 2. The number of hydrogen-bond donors (Lipinski definition) is 0. The normalized spacial score (nSPS) is 12.2. The van der Waals surface area contributed by atoms with Crippen LogP contribution in [0.1, 0.15) is 5.56 Å². The maximum absolute atomic E-state index is 11.9. The smallest absolute Gasteiger partial charge is 0.255 e. The fraction of sp³-hybridized carbons (Fsp3) is 0.111. The Hall–Kier alpha value is -1.03. The van der Waals surface area contributed by atoms with E-state index in [0.717, 1.165) is 6.08 Å². The Morgan fingerprint density at radius 1 is 1.38 bits per heavy atom. The van der Waals surface area contributed by atoms with Crippen molar-refractivity contribution in [2.75, 3.05) is 6.26 Å². The summed E-state index contributed by atoms with van der Waals surface area (Å²) in [5.41, 5.74) is 0.309. The molecule has 1 aromatic rings. The quantitative estimate of drug-likeness (QED) is 0.720. The average molecular weight is 202 g/mol. The van der Waals surface area contributed by atoms with Crippen molar-refractivity contribution in [2.45, 2.75) is 4.90 Å². The maximum atomic E-state index is 11.9. The van der Waals surface area contributed by atoms with Gasteiger partial charge in [0.15, 0.2) is 0 Å². The van der Waals surface area contributed by atoms with E-state index in [2.05, 4.69) is 0 Å². The summed E-state index contributed by atoms with van der Waals surface area (Å²) in [5, 5.41) is 0. The van der Waals surface area contributed by atoms with E-state index in [0.29, 0.717) is 10.5 Å². The standard InChI is InChI=1S/C9H8F2OS/c1-13(12)8-5-3-2-4-7(8)6-9(10)11/h2-6H,1H3. The lowest BCUT2D eigenvalue weighted by Crippen LogP contribution is -1.90. The van der Waals surface area contributed by atoms with Crippen molar-refractivity contribution in [3.63, 3.8) is 0 Å². The molecule has 1 nitrogen and oxygen atoms in total. The second-order valence-electron chi connectivity index (χ2n) is 2.43. The van der Waals surface area contributed by atoms with Gasteiger partial charge in [0.2, 0.25) is 0 Å². The van der Waals surface area contributed by atoms with Crippen LogP contribution in [0.15, 0.2) is 35.2 Å². The predicted octanol–water partition coefficient (Wildman–Crippen LogP) is 2.66. The fourth-order valence-corrected chi connectivity index (χ4v) is 1.71. The van der Waals surface area contributed by atoms with Crippen LogP contribution in [-0.4, -0.2) is 10.5 Å². The van der Waals surface area contributed by atoms with E-state index < -0.39 is 16.9 Å². The first-order valence-corrected chi connectivity index (χ1v) is 5.12. The molecule has 0 aliphatic carbocycles. The van der Waals surface area contributed by atoms with Gasteiger partial charge in [-0.05, 0) is 11.6 Å². The molecule has 13 heavy (non-hydrogen) atoms. The molecule has 0 saturated carbocycles. The molecule has 0 spiro atoms. The molecule has 0 heterocycles. The molecular weight excluding hydrogens is 194 g/mol. The molecule has 0 radical (unpaired) electrons. The van der Waals surface area contributed by atoms with E-state index in [1.807, 2.05) is 0 Å². The zero-order valence-electron chi connectivity index (χ0n) is 6.96. The molecule has 1 rings (SSSR count). The van der Waals surface area contributed by atoms with E-state index >= 15 is 0 Å². The van der Waals surface area contributed by atoms with E-state index in [1.54, 1.807) is 18.2 Å². The lowest BCUT2D eigenvalue weighted by Gasteiger charge is -2.00. The van der Waals surface area contributed by atoms with Crippen LogP contribution in [0.4, 0.5) is 8.78 Å². The highest BCUT2D eigenvalue weighted by Crippen LogP contribution is 2.16. The van der Waals surface area contributed by atoms with Gasteiger partial charge in [0.1, 0.15) is 0 Å². The Morgan fingerprint density at radius 2 is 2.00 bits per heavy atom. The Kier molecular flexibility index (Phi) is 3.31. The van der Waals surface area contributed by atoms with Gasteiger partial charge in [-0.1, -0.05) is 18.2 Å². The van der Waals surface area contributed by atoms with Crippen molar-refractivity contribution >= 4 is 16.9 Å². The lowest BCUT2D eigenvalue weighted by atomic mass is 10.2. The van der Waals surface area contributed by atoms with Crippen molar-refractivity contribution in [1.29, 1.82) is 0 Å². The third kappa shape index (κ3) is 2.73. The molecular formula is C9H8F2OS. The monoisotopic (exact) mass is 202 g/mol. The van der Waals surface area contributed by atoms with Crippen LogP contribution in [-0.2, 0) is 10.8 Å². The minimum atomic E-state index is -1.78. The molecule has 1 aromatic carbocycles. The molecule has 0 aromatic heterocycles. The van der Waals surface area contributed by atoms with E-state index in [-0.39, 0.29) is 0 Å². The number of hydrogen-bond acceptors (Lipinski definition) is 1. The Balaban J connectivity index is 3.20. The molecule has 4 heteroatoms. The maximum Gasteiger partial charge on any atom is 0.270 e. The van der Waals surface area contributed by atoms with E-state index in [9.17, 15) is 13.0 Å². The largest absolute Gasteiger partial charge is 0.270 e. The Morgan fingerprint density at radius 3 is 2.54 bits per heavy atom. The molecule has 0 N–H and O–H groups in total. The molecule has 0 fully saturated rings. The van der Waals surface area contributed by atoms with Crippen LogP contribution in [0, 0.1) is 0 Å². The summed E-state index contributed by atoms with van der Waals surface area (Å²) in [6.07, 6.45) is 0.400. The van der Waals surface area contributed by atoms with Crippen LogP contribution in [0.25, 0.3) is 6.08 Å². The SMILES string of the molecule is CS(=O)c1ccccc1C=C(F)F. The highest BCUT2D eigenvalue weighted by Gasteiger charge is 2.03. The molecule has 0 amide bonds. The third-order valence-electron chi connectivity index (χ3n) is 1.49. The first-order valence-electron chi connectivity index (χ1n) is 3.56. The summed E-state index contributed by atoms with van der Waals surface area (Å²) in [7, 11) is -1.23. The summed E-state index contributed by atoms with van der Waals surface area (Å²) in [4.78, 5) is 0.426. The van der Waals surface area contributed by atoms with Crippen LogP contribution in [0.2, 0.25) is 0 Å². The average Bonchev–Trinajstić information content (AvgIpc) is 2.03. The zero-order chi connectivity index (χ0) is 9.84. The van der Waals surface area contributed by atoms with Crippen molar-refractivity contribution in [3.05, 3.63) is 35.9 Å². The van der Waals surface area contributed by atoms with Gasteiger partial charge >= 0.3 is 0 Å². The second-order valence-corrected chi connectivity index (χ2v) is 3.77. The Bertz CT molecular complexity index is 356. The van der Waals surface area contributed by atoms with Crippen LogP contribution >= 0.6 is 0 Å². The van der Waals surface area contributed by atoms with Crippen LogP contribution in [0.5, 0.6) is 0 Å². The highest BCUT2D eigenvalue weighted by atomic mass is 32.2. The van der Waals surface area contributed by atoms with Crippen molar-refractivity contribution < 1.29 is 13.0 Å². The summed E-state index contributed by atoms with van der Waals surface area (Å²) >= 11 is 0. The molecule has 0 aliphatic rings. The molecule has 1 unspecified atom stereocenters.